The third kappa shape index (κ3) is 5.05. The fourth-order valence-electron chi connectivity index (χ4n) is 1.66. The molecule has 0 fully saturated rings. The highest BCUT2D eigenvalue weighted by molar-refractivity contribution is 5.94. The van der Waals surface area contributed by atoms with Crippen LogP contribution in [0.1, 0.15) is 41.5 Å². The Morgan fingerprint density at radius 1 is 0.654 bits per heavy atom. The van der Waals surface area contributed by atoms with Gasteiger partial charge in [0.05, 0.1) is 24.8 Å². The van der Waals surface area contributed by atoms with Gasteiger partial charge in [-0.15, -0.1) is 0 Å². The van der Waals surface area contributed by atoms with E-state index in [9.17, 15) is 9.59 Å². The lowest BCUT2D eigenvalue weighted by Gasteiger charge is -2.17. The Kier molecular flexibility index (Phi) is 5.34. The first-order valence-corrected chi connectivity index (χ1v) is 8.24. The van der Waals surface area contributed by atoms with Gasteiger partial charge in [-0.3, -0.25) is 9.59 Å². The number of anilines is 2. The molecular weight excluding hydrogens is 332 g/mol. The maximum Gasteiger partial charge on any atom is 0.230 e. The number of carbonyl (C=O) groups is 2. The van der Waals surface area contributed by atoms with E-state index in [1.54, 1.807) is 0 Å². The minimum absolute atomic E-state index is 0.140. The number of hydrogen-bond donors (Lipinski definition) is 2. The minimum atomic E-state index is -0.515. The topological polar surface area (TPSA) is 110 Å². The van der Waals surface area contributed by atoms with Gasteiger partial charge in [0.15, 0.2) is 11.6 Å². The van der Waals surface area contributed by atoms with Crippen LogP contribution in [0.25, 0.3) is 11.4 Å². The molecule has 2 amide bonds. The summed E-state index contributed by atoms with van der Waals surface area (Å²) in [5.74, 6) is 0.461. The van der Waals surface area contributed by atoms with Crippen molar-refractivity contribution in [1.82, 2.24) is 19.9 Å². The van der Waals surface area contributed by atoms with Gasteiger partial charge < -0.3 is 10.6 Å². The second-order valence-corrected chi connectivity index (χ2v) is 7.98. The van der Waals surface area contributed by atoms with Crippen molar-refractivity contribution in [3.05, 3.63) is 24.8 Å². The zero-order valence-electron chi connectivity index (χ0n) is 15.9. The van der Waals surface area contributed by atoms with E-state index in [2.05, 4.69) is 30.6 Å². The van der Waals surface area contributed by atoms with Gasteiger partial charge in [-0.05, 0) is 0 Å². The summed E-state index contributed by atoms with van der Waals surface area (Å²) in [6.45, 7) is 10.9. The molecule has 0 aliphatic carbocycles. The lowest BCUT2D eigenvalue weighted by molar-refractivity contribution is -0.123. The van der Waals surface area contributed by atoms with E-state index < -0.39 is 10.8 Å². The molecule has 138 valence electrons. The Bertz CT molecular complexity index is 717. The minimum Gasteiger partial charge on any atom is -0.309 e. The molecule has 0 unspecified atom stereocenters. The van der Waals surface area contributed by atoms with Crippen molar-refractivity contribution in [2.24, 2.45) is 10.8 Å². The summed E-state index contributed by atoms with van der Waals surface area (Å²) in [6, 6.07) is 0. The molecule has 0 aliphatic rings. The van der Waals surface area contributed by atoms with Gasteiger partial charge in [0.25, 0.3) is 0 Å². The summed E-state index contributed by atoms with van der Waals surface area (Å²) in [4.78, 5) is 40.8. The fourth-order valence-corrected chi connectivity index (χ4v) is 1.66. The second kappa shape index (κ2) is 7.15. The highest BCUT2D eigenvalue weighted by Gasteiger charge is 2.22. The molecule has 0 atom stereocenters. The number of carbonyl (C=O) groups excluding carboxylic acids is 2. The van der Waals surface area contributed by atoms with E-state index in [1.165, 1.54) is 24.8 Å². The smallest absolute Gasteiger partial charge is 0.230 e. The number of nitrogens with one attached hydrogen (secondary N) is 2. The Labute approximate surface area is 152 Å². The van der Waals surface area contributed by atoms with E-state index in [1.807, 2.05) is 41.5 Å². The molecule has 0 aromatic carbocycles. The number of rotatable bonds is 3. The van der Waals surface area contributed by atoms with Gasteiger partial charge in [0, 0.05) is 10.8 Å². The maximum absolute atomic E-state index is 11.9. The van der Waals surface area contributed by atoms with Crippen molar-refractivity contribution >= 4 is 23.5 Å². The molecule has 0 saturated heterocycles. The van der Waals surface area contributed by atoms with Crippen molar-refractivity contribution in [1.29, 1.82) is 0 Å². The zero-order valence-corrected chi connectivity index (χ0v) is 15.9. The SMILES string of the molecule is CC(C)(C)C(=O)Nc1cnc(-c2cnc(NC(=O)C(C)(C)C)cn2)cn1. The number of nitrogens with zero attached hydrogens (tertiary/aromatic N) is 4. The van der Waals surface area contributed by atoms with Crippen LogP contribution < -0.4 is 10.6 Å². The van der Waals surface area contributed by atoms with E-state index in [-0.39, 0.29) is 11.8 Å². The number of amides is 2. The first-order chi connectivity index (χ1) is 12.0. The highest BCUT2D eigenvalue weighted by Crippen LogP contribution is 2.19. The van der Waals surface area contributed by atoms with Gasteiger partial charge in [-0.1, -0.05) is 41.5 Å². The van der Waals surface area contributed by atoms with Crippen molar-refractivity contribution in [3.63, 3.8) is 0 Å². The molecule has 0 saturated carbocycles. The number of hydrogen-bond acceptors (Lipinski definition) is 6. The molecule has 2 heterocycles. The van der Waals surface area contributed by atoms with Gasteiger partial charge in [0.2, 0.25) is 11.8 Å². The van der Waals surface area contributed by atoms with Crippen LogP contribution in [-0.2, 0) is 9.59 Å². The van der Waals surface area contributed by atoms with Crippen LogP contribution >= 0.6 is 0 Å². The second-order valence-electron chi connectivity index (χ2n) is 7.98. The normalized spacial score (nSPS) is 11.8. The first kappa shape index (κ1) is 19.4. The molecule has 0 bridgehead atoms. The molecule has 2 N–H and O–H groups in total. The van der Waals surface area contributed by atoms with Crippen molar-refractivity contribution in [2.45, 2.75) is 41.5 Å². The monoisotopic (exact) mass is 356 g/mol. The van der Waals surface area contributed by atoms with Crippen LogP contribution in [0.5, 0.6) is 0 Å². The molecule has 26 heavy (non-hydrogen) atoms. The molecule has 0 radical (unpaired) electrons. The average molecular weight is 356 g/mol. The molecule has 8 heteroatoms. The van der Waals surface area contributed by atoms with Crippen molar-refractivity contribution < 1.29 is 9.59 Å². The average Bonchev–Trinajstić information content (AvgIpc) is 2.54. The molecule has 2 aromatic rings. The van der Waals surface area contributed by atoms with E-state index >= 15 is 0 Å². The van der Waals surface area contributed by atoms with Gasteiger partial charge in [-0.25, -0.2) is 19.9 Å². The Hall–Kier alpha value is -2.90. The van der Waals surface area contributed by atoms with E-state index in [0.717, 1.165) is 0 Å². The van der Waals surface area contributed by atoms with Crippen LogP contribution in [0.4, 0.5) is 11.6 Å². The lowest BCUT2D eigenvalue weighted by atomic mass is 9.96. The van der Waals surface area contributed by atoms with Crippen molar-refractivity contribution in [2.75, 3.05) is 10.6 Å². The summed E-state index contributed by atoms with van der Waals surface area (Å²) in [5, 5.41) is 5.42. The van der Waals surface area contributed by atoms with Crippen LogP contribution in [0, 0.1) is 10.8 Å². The third-order valence-electron chi connectivity index (χ3n) is 3.41. The maximum atomic E-state index is 11.9. The third-order valence-corrected chi connectivity index (χ3v) is 3.41. The Morgan fingerprint density at radius 2 is 1.00 bits per heavy atom. The summed E-state index contributed by atoms with van der Waals surface area (Å²) < 4.78 is 0. The summed E-state index contributed by atoms with van der Waals surface area (Å²) in [7, 11) is 0. The molecule has 2 rings (SSSR count). The molecule has 2 aromatic heterocycles. The van der Waals surface area contributed by atoms with Crippen LogP contribution in [0.2, 0.25) is 0 Å². The largest absolute Gasteiger partial charge is 0.309 e. The Balaban J connectivity index is 2.08. The standard InChI is InChI=1S/C18H24N6O2/c1-17(2,3)15(25)23-13-9-19-11(7-21-13)12-8-22-14(10-20-12)24-16(26)18(4,5)6/h7-10H,1-6H3,(H,21,23,25)(H,22,24,26). The lowest BCUT2D eigenvalue weighted by Crippen LogP contribution is -2.28. The predicted molar refractivity (Wildman–Crippen MR) is 99.2 cm³/mol. The van der Waals surface area contributed by atoms with E-state index in [0.29, 0.717) is 23.0 Å². The van der Waals surface area contributed by atoms with Crippen LogP contribution in [0.15, 0.2) is 24.8 Å². The van der Waals surface area contributed by atoms with Crippen LogP contribution in [0.3, 0.4) is 0 Å². The number of aromatic nitrogens is 4. The van der Waals surface area contributed by atoms with Gasteiger partial charge in [0.1, 0.15) is 11.4 Å². The highest BCUT2D eigenvalue weighted by atomic mass is 16.2. The predicted octanol–water partition coefficient (Wildman–Crippen LogP) is 2.90. The van der Waals surface area contributed by atoms with Crippen molar-refractivity contribution in [3.8, 4) is 11.4 Å². The summed E-state index contributed by atoms with van der Waals surface area (Å²) in [6.07, 6.45) is 5.96. The van der Waals surface area contributed by atoms with Gasteiger partial charge in [-0.2, -0.15) is 0 Å². The molecule has 8 nitrogen and oxygen atoms in total. The molecule has 0 aliphatic heterocycles. The van der Waals surface area contributed by atoms with Crippen LogP contribution in [-0.4, -0.2) is 31.8 Å². The molecule has 0 spiro atoms. The summed E-state index contributed by atoms with van der Waals surface area (Å²) >= 11 is 0. The first-order valence-electron chi connectivity index (χ1n) is 8.24. The van der Waals surface area contributed by atoms with E-state index in [4.69, 9.17) is 0 Å². The summed E-state index contributed by atoms with van der Waals surface area (Å²) in [5.41, 5.74) is -0.00177. The Morgan fingerprint density at radius 3 is 1.23 bits per heavy atom. The zero-order chi connectivity index (χ0) is 19.5. The molecular formula is C18H24N6O2. The fraction of sp³-hybridized carbons (Fsp3) is 0.444. The quantitative estimate of drug-likeness (QED) is 0.875. The van der Waals surface area contributed by atoms with Gasteiger partial charge >= 0.3 is 0 Å².